The van der Waals surface area contributed by atoms with Crippen molar-refractivity contribution in [2.75, 3.05) is 30.7 Å². The highest BCUT2D eigenvalue weighted by Gasteiger charge is 2.34. The molecule has 4 aromatic rings. The van der Waals surface area contributed by atoms with Crippen LogP contribution in [-0.2, 0) is 37.1 Å². The third-order valence-electron chi connectivity index (χ3n) is 10.2. The molecule has 0 bridgehead atoms. The Morgan fingerprint density at radius 2 is 1.68 bits per heavy atom. The lowest BCUT2D eigenvalue weighted by molar-refractivity contribution is -0.138. The number of unbranched alkanes of at least 4 members (excludes halogenated alkanes) is 3. The summed E-state index contributed by atoms with van der Waals surface area (Å²) in [7, 11) is 0. The minimum atomic E-state index is -1.27. The van der Waals surface area contributed by atoms with Crippen LogP contribution in [0, 0.1) is 0 Å². The second kappa shape index (κ2) is 20.5. The first-order valence-electron chi connectivity index (χ1n) is 19.6. The number of aromatic nitrogens is 2. The fourth-order valence-electron chi connectivity index (χ4n) is 7.01. The molecule has 2 aromatic carbocycles. The van der Waals surface area contributed by atoms with E-state index in [-0.39, 0.29) is 24.2 Å². The van der Waals surface area contributed by atoms with Crippen LogP contribution in [0.5, 0.6) is 0 Å². The molecule has 0 saturated heterocycles. The number of carboxylic acid groups (broad SMARTS) is 2. The number of nitrogens with one attached hydrogen (secondary N) is 3. The van der Waals surface area contributed by atoms with Gasteiger partial charge in [-0.15, -0.1) is 11.8 Å². The lowest BCUT2D eigenvalue weighted by Crippen LogP contribution is -2.42. The summed E-state index contributed by atoms with van der Waals surface area (Å²) < 4.78 is 0. The van der Waals surface area contributed by atoms with Crippen LogP contribution in [-0.4, -0.2) is 108 Å². The van der Waals surface area contributed by atoms with Crippen molar-refractivity contribution in [1.82, 2.24) is 30.5 Å². The molecular formula is C42H47N9O8S. The molecule has 2 aliphatic rings. The number of pyridine rings is 2. The quantitative estimate of drug-likeness (QED) is 0.0741. The van der Waals surface area contributed by atoms with Gasteiger partial charge in [0.15, 0.2) is 0 Å². The number of rotatable bonds is 19. The van der Waals surface area contributed by atoms with E-state index >= 15 is 0 Å². The van der Waals surface area contributed by atoms with Crippen molar-refractivity contribution in [1.29, 1.82) is 0 Å². The molecule has 5 amide bonds. The maximum Gasteiger partial charge on any atom is 0.322 e. The number of hydrogen-bond donors (Lipinski definition) is 6. The molecule has 4 heterocycles. The van der Waals surface area contributed by atoms with Gasteiger partial charge in [-0.2, -0.15) is 5.10 Å². The smallest absolute Gasteiger partial charge is 0.322 e. The minimum absolute atomic E-state index is 0.108. The summed E-state index contributed by atoms with van der Waals surface area (Å²) >= 11 is 0.807. The number of carbonyl (C=O) groups excluding carboxylic acids is 4. The van der Waals surface area contributed by atoms with Crippen LogP contribution in [0.4, 0.5) is 10.5 Å². The van der Waals surface area contributed by atoms with E-state index in [9.17, 15) is 28.8 Å². The van der Waals surface area contributed by atoms with Crippen molar-refractivity contribution in [2.45, 2.75) is 68.8 Å². The number of carbonyl (C=O) groups is 6. The van der Waals surface area contributed by atoms with Crippen LogP contribution in [0.1, 0.15) is 66.7 Å². The summed E-state index contributed by atoms with van der Waals surface area (Å²) in [4.78, 5) is 84.6. The Bertz CT molecular complexity index is 2230. The number of nitrogens with two attached hydrogens (primary N) is 1. The fourth-order valence-corrected chi connectivity index (χ4v) is 8.08. The Morgan fingerprint density at radius 1 is 0.900 bits per heavy atom. The van der Waals surface area contributed by atoms with Crippen molar-refractivity contribution in [3.8, 4) is 0 Å². The number of aliphatic carboxylic acids is 2. The SMILES string of the molecule is N[C@@H](CSC(CC(=O)O)C(=O)NCC(=O)NCCCCCCN1N=C(c2ccc(NC(=O)N3Cc4ccncc4C3)cc2)CC(c2cccc3ncccc23)C1=O)C(=O)O. The van der Waals surface area contributed by atoms with Gasteiger partial charge in [-0.3, -0.25) is 33.9 Å². The van der Waals surface area contributed by atoms with Gasteiger partial charge in [0.05, 0.1) is 35.4 Å². The summed E-state index contributed by atoms with van der Waals surface area (Å²) in [6.45, 7) is 1.37. The number of nitrogens with zero attached hydrogens (tertiary/aromatic N) is 5. The molecule has 2 unspecified atom stereocenters. The number of fused-ring (bicyclic) bond motifs is 2. The lowest BCUT2D eigenvalue weighted by atomic mass is 9.86. The summed E-state index contributed by atoms with van der Waals surface area (Å²) in [5.41, 5.74) is 11.5. The van der Waals surface area contributed by atoms with E-state index in [4.69, 9.17) is 21.0 Å². The Hall–Kier alpha value is -6.40. The predicted octanol–water partition coefficient (Wildman–Crippen LogP) is 3.68. The van der Waals surface area contributed by atoms with Crippen LogP contribution in [0.3, 0.4) is 0 Å². The summed E-state index contributed by atoms with van der Waals surface area (Å²) in [5, 5.41) is 32.4. The van der Waals surface area contributed by atoms with Gasteiger partial charge in [-0.25, -0.2) is 9.80 Å². The Morgan fingerprint density at radius 3 is 2.45 bits per heavy atom. The molecule has 17 nitrogen and oxygen atoms in total. The van der Waals surface area contributed by atoms with Crippen LogP contribution in [0.15, 0.2) is 84.4 Å². The van der Waals surface area contributed by atoms with Crippen LogP contribution in [0.25, 0.3) is 10.9 Å². The third-order valence-corrected chi connectivity index (χ3v) is 11.6. The maximum atomic E-state index is 14.1. The van der Waals surface area contributed by atoms with Gasteiger partial charge in [-0.1, -0.05) is 43.2 Å². The number of carboxylic acids is 2. The molecule has 0 spiro atoms. The van der Waals surface area contributed by atoms with Crippen molar-refractivity contribution in [3.63, 3.8) is 0 Å². The van der Waals surface area contributed by atoms with E-state index < -0.39 is 47.4 Å². The van der Waals surface area contributed by atoms with Gasteiger partial charge in [0, 0.05) is 68.0 Å². The van der Waals surface area contributed by atoms with Gasteiger partial charge < -0.3 is 36.8 Å². The average Bonchev–Trinajstić information content (AvgIpc) is 3.69. The summed E-state index contributed by atoms with van der Waals surface area (Å²) in [6.07, 6.45) is 7.87. The number of urea groups is 1. The van der Waals surface area contributed by atoms with Gasteiger partial charge in [0.1, 0.15) is 6.04 Å². The lowest BCUT2D eigenvalue weighted by Gasteiger charge is -2.30. The monoisotopic (exact) mass is 837 g/mol. The molecular weight excluding hydrogens is 791 g/mol. The first-order chi connectivity index (χ1) is 29.0. The number of thioether (sulfide) groups is 1. The van der Waals surface area contributed by atoms with E-state index in [0.717, 1.165) is 63.5 Å². The molecule has 3 atom stereocenters. The topological polar surface area (TPSA) is 250 Å². The summed E-state index contributed by atoms with van der Waals surface area (Å²) in [6, 6.07) is 17.5. The zero-order valence-corrected chi connectivity index (χ0v) is 33.6. The van der Waals surface area contributed by atoms with Crippen molar-refractivity contribution in [3.05, 3.63) is 102 Å². The first-order valence-corrected chi connectivity index (χ1v) is 20.7. The van der Waals surface area contributed by atoms with Crippen molar-refractivity contribution in [2.24, 2.45) is 10.8 Å². The molecule has 18 heteroatoms. The van der Waals surface area contributed by atoms with E-state index in [0.29, 0.717) is 51.1 Å². The van der Waals surface area contributed by atoms with Crippen LogP contribution < -0.4 is 21.7 Å². The molecule has 0 fully saturated rings. The zero-order chi connectivity index (χ0) is 42.6. The highest BCUT2D eigenvalue weighted by molar-refractivity contribution is 8.00. The molecule has 0 radical (unpaired) electrons. The zero-order valence-electron chi connectivity index (χ0n) is 32.8. The van der Waals surface area contributed by atoms with Crippen molar-refractivity contribution < 1.29 is 39.0 Å². The van der Waals surface area contributed by atoms with E-state index in [1.807, 2.05) is 60.7 Å². The van der Waals surface area contributed by atoms with Gasteiger partial charge >= 0.3 is 18.0 Å². The Balaban J connectivity index is 1.01. The van der Waals surface area contributed by atoms with E-state index in [1.165, 1.54) is 0 Å². The highest BCUT2D eigenvalue weighted by atomic mass is 32.2. The number of hydrazone groups is 1. The molecule has 6 rings (SSSR count). The molecule has 7 N–H and O–H groups in total. The minimum Gasteiger partial charge on any atom is -0.481 e. The maximum absolute atomic E-state index is 14.1. The molecule has 314 valence electrons. The molecule has 2 aliphatic heterocycles. The summed E-state index contributed by atoms with van der Waals surface area (Å²) in [5.74, 6) is -4.43. The fraction of sp³-hybridized carbons (Fsp3) is 0.357. The Labute approximate surface area is 350 Å². The standard InChI is InChI=1S/C42H47N9O8S/c43-33(41(57)58)25-60-36(20-38(53)54)39(55)47-22-37(52)46-15-3-1-2-4-18-51-40(56)32(30-7-5-9-34-31(30)8-6-16-45-34)19-35(49-51)26-10-12-29(13-11-26)48-42(59)50-23-27-14-17-44-21-28(27)24-50/h5-14,16-17,21,32-33,36H,1-4,15,18-20,22-25,43H2,(H,46,52)(H,47,55)(H,48,59)(H,53,54)(H,57,58)/t32?,33-,36?/m0/s1. The molecule has 60 heavy (non-hydrogen) atoms. The number of benzene rings is 2. The molecule has 0 saturated carbocycles. The normalized spacial score (nSPS) is 15.8. The van der Waals surface area contributed by atoms with Crippen LogP contribution in [0.2, 0.25) is 0 Å². The van der Waals surface area contributed by atoms with Crippen LogP contribution >= 0.6 is 11.8 Å². The first kappa shape index (κ1) is 43.2. The number of anilines is 1. The largest absolute Gasteiger partial charge is 0.481 e. The second-order valence-corrected chi connectivity index (χ2v) is 15.8. The molecule has 2 aromatic heterocycles. The van der Waals surface area contributed by atoms with Crippen molar-refractivity contribution >= 4 is 69.8 Å². The number of amides is 5. The van der Waals surface area contributed by atoms with E-state index in [1.54, 1.807) is 28.5 Å². The Kier molecular flexibility index (Phi) is 14.8. The third kappa shape index (κ3) is 11.4. The van der Waals surface area contributed by atoms with Gasteiger partial charge in [0.2, 0.25) is 11.8 Å². The molecule has 0 aliphatic carbocycles. The number of hydrogen-bond acceptors (Lipinski definition) is 11. The predicted molar refractivity (Wildman–Crippen MR) is 225 cm³/mol. The van der Waals surface area contributed by atoms with E-state index in [2.05, 4.69) is 25.9 Å². The van der Waals surface area contributed by atoms with Gasteiger partial charge in [0.25, 0.3) is 5.91 Å². The highest BCUT2D eigenvalue weighted by Crippen LogP contribution is 2.34. The second-order valence-electron chi connectivity index (χ2n) is 14.5. The average molecular weight is 838 g/mol. The van der Waals surface area contributed by atoms with Gasteiger partial charge in [-0.05, 0) is 65.4 Å².